The zero-order chi connectivity index (χ0) is 13.8. The van der Waals surface area contributed by atoms with Crippen LogP contribution in [-0.2, 0) is 11.8 Å². The molecule has 0 aliphatic rings. The van der Waals surface area contributed by atoms with E-state index in [1.165, 1.54) is 11.8 Å². The highest BCUT2D eigenvalue weighted by Crippen LogP contribution is 2.26. The fourth-order valence-electron chi connectivity index (χ4n) is 1.30. The number of aryl methyl sites for hydroxylation is 1. The molecule has 1 aromatic carbocycles. The van der Waals surface area contributed by atoms with E-state index in [2.05, 4.69) is 47.4 Å². The number of carbonyl (C=O) groups is 1. The van der Waals surface area contributed by atoms with Crippen LogP contribution >= 0.6 is 43.6 Å². The van der Waals surface area contributed by atoms with E-state index in [1.807, 2.05) is 25.2 Å². The zero-order valence-electron chi connectivity index (χ0n) is 9.93. The zero-order valence-corrected chi connectivity index (χ0v) is 13.9. The van der Waals surface area contributed by atoms with Crippen LogP contribution in [0.25, 0.3) is 0 Å². The third-order valence-corrected chi connectivity index (χ3v) is 5.12. The number of hydrogen-bond acceptors (Lipinski definition) is 4. The molecule has 0 saturated carbocycles. The van der Waals surface area contributed by atoms with Crippen LogP contribution in [0.3, 0.4) is 0 Å². The minimum absolute atomic E-state index is 0.0813. The highest BCUT2D eigenvalue weighted by atomic mass is 79.9. The van der Waals surface area contributed by atoms with E-state index in [0.717, 1.165) is 14.6 Å². The third kappa shape index (κ3) is 4.05. The molecule has 2 aromatic rings. The maximum atomic E-state index is 11.8. The lowest BCUT2D eigenvalue weighted by molar-refractivity contribution is -0.113. The van der Waals surface area contributed by atoms with E-state index in [1.54, 1.807) is 10.9 Å². The molecule has 0 bridgehead atoms. The van der Waals surface area contributed by atoms with Gasteiger partial charge in [-0.05, 0) is 50.1 Å². The first kappa shape index (κ1) is 14.5. The highest BCUT2D eigenvalue weighted by molar-refractivity contribution is 9.13. The number of nitrogens with zero attached hydrogens (tertiary/aromatic N) is 3. The van der Waals surface area contributed by atoms with E-state index in [-0.39, 0.29) is 5.91 Å². The SMILES string of the molecule is Cn1cnnc1SCC(=O)Nc1ccc(Br)c(Br)c1. The lowest BCUT2D eigenvalue weighted by Gasteiger charge is -2.06. The van der Waals surface area contributed by atoms with Gasteiger partial charge in [-0.25, -0.2) is 0 Å². The molecule has 2 rings (SSSR count). The monoisotopic (exact) mass is 404 g/mol. The summed E-state index contributed by atoms with van der Waals surface area (Å²) in [7, 11) is 1.84. The molecule has 0 aliphatic carbocycles. The van der Waals surface area contributed by atoms with E-state index in [4.69, 9.17) is 0 Å². The standard InChI is InChI=1S/C11H10Br2N4OS/c1-17-6-14-16-11(17)19-5-10(18)15-7-2-3-8(12)9(13)4-7/h2-4,6H,5H2,1H3,(H,15,18). The van der Waals surface area contributed by atoms with E-state index in [9.17, 15) is 4.79 Å². The number of amides is 1. The molecule has 1 heterocycles. The Labute approximate surface area is 131 Å². The van der Waals surface area contributed by atoms with Crippen LogP contribution in [-0.4, -0.2) is 26.4 Å². The van der Waals surface area contributed by atoms with Crippen LogP contribution in [0, 0.1) is 0 Å². The number of hydrogen-bond donors (Lipinski definition) is 1. The Morgan fingerprint density at radius 2 is 2.21 bits per heavy atom. The maximum Gasteiger partial charge on any atom is 0.234 e. The predicted molar refractivity (Wildman–Crippen MR) is 82.2 cm³/mol. The molecule has 1 amide bonds. The van der Waals surface area contributed by atoms with Gasteiger partial charge in [-0.3, -0.25) is 4.79 Å². The average molecular weight is 406 g/mol. The summed E-state index contributed by atoms with van der Waals surface area (Å²) >= 11 is 8.11. The molecule has 100 valence electrons. The lowest BCUT2D eigenvalue weighted by Crippen LogP contribution is -2.14. The van der Waals surface area contributed by atoms with E-state index < -0.39 is 0 Å². The molecule has 0 unspecified atom stereocenters. The second-order valence-corrected chi connectivity index (χ2v) is 6.34. The van der Waals surface area contributed by atoms with Crippen molar-refractivity contribution in [2.75, 3.05) is 11.1 Å². The topological polar surface area (TPSA) is 59.8 Å². The van der Waals surface area contributed by atoms with Gasteiger partial charge in [0.05, 0.1) is 5.75 Å². The highest BCUT2D eigenvalue weighted by Gasteiger charge is 2.08. The molecule has 0 atom stereocenters. The van der Waals surface area contributed by atoms with Crippen molar-refractivity contribution in [2.45, 2.75) is 5.16 Å². The minimum Gasteiger partial charge on any atom is -0.325 e. The number of anilines is 1. The third-order valence-electron chi connectivity index (χ3n) is 2.21. The number of rotatable bonds is 4. The lowest BCUT2D eigenvalue weighted by atomic mass is 10.3. The van der Waals surface area contributed by atoms with Crippen LogP contribution in [0.5, 0.6) is 0 Å². The number of benzene rings is 1. The van der Waals surface area contributed by atoms with Crippen molar-refractivity contribution in [2.24, 2.45) is 7.05 Å². The number of halogens is 2. The molecule has 8 heteroatoms. The van der Waals surface area contributed by atoms with Crippen LogP contribution in [0.1, 0.15) is 0 Å². The molecule has 5 nitrogen and oxygen atoms in total. The Balaban J connectivity index is 1.91. The summed E-state index contributed by atoms with van der Waals surface area (Å²) in [5.41, 5.74) is 0.749. The summed E-state index contributed by atoms with van der Waals surface area (Å²) in [4.78, 5) is 11.8. The van der Waals surface area contributed by atoms with E-state index >= 15 is 0 Å². The Hall–Kier alpha value is -0.860. The molecule has 0 saturated heterocycles. The Morgan fingerprint density at radius 1 is 1.42 bits per heavy atom. The second kappa shape index (κ2) is 6.53. The van der Waals surface area contributed by atoms with Gasteiger partial charge < -0.3 is 9.88 Å². The van der Waals surface area contributed by atoms with Crippen molar-refractivity contribution >= 4 is 55.2 Å². The van der Waals surface area contributed by atoms with Crippen molar-refractivity contribution in [1.82, 2.24) is 14.8 Å². The Kier molecular flexibility index (Phi) is 5.00. The van der Waals surface area contributed by atoms with Gasteiger partial charge in [-0.1, -0.05) is 11.8 Å². The quantitative estimate of drug-likeness (QED) is 0.794. The van der Waals surface area contributed by atoms with Crippen LogP contribution in [0.4, 0.5) is 5.69 Å². The first-order chi connectivity index (χ1) is 9.06. The fraction of sp³-hybridized carbons (Fsp3) is 0.182. The van der Waals surface area contributed by atoms with Crippen LogP contribution in [0.2, 0.25) is 0 Å². The summed E-state index contributed by atoms with van der Waals surface area (Å²) in [5.74, 6) is 0.211. The van der Waals surface area contributed by atoms with Crippen molar-refractivity contribution in [3.63, 3.8) is 0 Å². The maximum absolute atomic E-state index is 11.8. The summed E-state index contributed by atoms with van der Waals surface area (Å²) in [6.45, 7) is 0. The molecule has 1 aromatic heterocycles. The Morgan fingerprint density at radius 3 is 2.84 bits per heavy atom. The van der Waals surface area contributed by atoms with Gasteiger partial charge >= 0.3 is 0 Å². The summed E-state index contributed by atoms with van der Waals surface area (Å²) in [6.07, 6.45) is 1.60. The second-order valence-electron chi connectivity index (χ2n) is 3.69. The molecular weight excluding hydrogens is 396 g/mol. The van der Waals surface area contributed by atoms with Crippen LogP contribution < -0.4 is 5.32 Å². The largest absolute Gasteiger partial charge is 0.325 e. The van der Waals surface area contributed by atoms with Crippen molar-refractivity contribution in [3.05, 3.63) is 33.5 Å². The molecule has 19 heavy (non-hydrogen) atoms. The van der Waals surface area contributed by atoms with Crippen molar-refractivity contribution in [3.8, 4) is 0 Å². The molecular formula is C11H10Br2N4OS. The molecule has 0 radical (unpaired) electrons. The summed E-state index contributed by atoms with van der Waals surface area (Å²) < 4.78 is 3.61. The molecule has 0 aliphatic heterocycles. The fourth-order valence-corrected chi connectivity index (χ4v) is 2.62. The van der Waals surface area contributed by atoms with Gasteiger partial charge in [-0.2, -0.15) is 0 Å². The predicted octanol–water partition coefficient (Wildman–Crippen LogP) is 3.07. The minimum atomic E-state index is -0.0813. The van der Waals surface area contributed by atoms with Gasteiger partial charge in [0.15, 0.2) is 5.16 Å². The summed E-state index contributed by atoms with van der Waals surface area (Å²) in [6, 6.07) is 5.55. The first-order valence-electron chi connectivity index (χ1n) is 5.28. The van der Waals surface area contributed by atoms with E-state index in [0.29, 0.717) is 10.9 Å². The van der Waals surface area contributed by atoms with Gasteiger partial charge in [0.25, 0.3) is 0 Å². The Bertz CT molecular complexity index is 602. The number of thioether (sulfide) groups is 1. The summed E-state index contributed by atoms with van der Waals surface area (Å²) in [5, 5.41) is 11.2. The van der Waals surface area contributed by atoms with Gasteiger partial charge in [0.2, 0.25) is 5.91 Å². The van der Waals surface area contributed by atoms with Crippen molar-refractivity contribution < 1.29 is 4.79 Å². The number of nitrogens with one attached hydrogen (secondary N) is 1. The molecule has 0 spiro atoms. The average Bonchev–Trinajstić information content (AvgIpc) is 2.77. The molecule has 1 N–H and O–H groups in total. The number of aromatic nitrogens is 3. The normalized spacial score (nSPS) is 10.5. The number of carbonyl (C=O) groups excluding carboxylic acids is 1. The van der Waals surface area contributed by atoms with Gasteiger partial charge in [0, 0.05) is 21.7 Å². The molecule has 0 fully saturated rings. The van der Waals surface area contributed by atoms with Gasteiger partial charge in [-0.15, -0.1) is 10.2 Å². The van der Waals surface area contributed by atoms with Crippen LogP contribution in [0.15, 0.2) is 38.6 Å². The van der Waals surface area contributed by atoms with Crippen molar-refractivity contribution in [1.29, 1.82) is 0 Å². The smallest absolute Gasteiger partial charge is 0.234 e. The first-order valence-corrected chi connectivity index (χ1v) is 7.85. The van der Waals surface area contributed by atoms with Gasteiger partial charge in [0.1, 0.15) is 6.33 Å².